The molecule has 0 radical (unpaired) electrons. The molecule has 2 nitrogen and oxygen atoms in total. The van der Waals surface area contributed by atoms with Crippen molar-refractivity contribution in [3.63, 3.8) is 0 Å². The molecule has 1 heterocycles. The molecule has 2 rings (SSSR count). The number of piperazine rings is 1. The van der Waals surface area contributed by atoms with Crippen LogP contribution in [-0.4, -0.2) is 31.1 Å². The van der Waals surface area contributed by atoms with Crippen molar-refractivity contribution < 1.29 is 17.6 Å². The maximum Gasteiger partial charge on any atom is 0.419 e. The maximum absolute atomic E-state index is 13.9. The van der Waals surface area contributed by atoms with Crippen LogP contribution in [0.3, 0.4) is 0 Å². The number of halogens is 4. The third kappa shape index (κ3) is 4.67. The molecule has 0 aliphatic carbocycles. The summed E-state index contributed by atoms with van der Waals surface area (Å²) < 4.78 is 54.0. The van der Waals surface area contributed by atoms with Crippen molar-refractivity contribution in [2.45, 2.75) is 44.8 Å². The lowest BCUT2D eigenvalue weighted by Crippen LogP contribution is -2.45. The molecule has 6 heteroatoms. The van der Waals surface area contributed by atoms with Gasteiger partial charge in [-0.3, -0.25) is 4.90 Å². The molecule has 1 aromatic rings. The van der Waals surface area contributed by atoms with Gasteiger partial charge in [0.25, 0.3) is 0 Å². The van der Waals surface area contributed by atoms with Gasteiger partial charge < -0.3 is 5.32 Å². The molecule has 0 aromatic heterocycles. The molecule has 0 unspecified atom stereocenters. The van der Waals surface area contributed by atoms with Crippen LogP contribution in [0.1, 0.15) is 49.8 Å². The van der Waals surface area contributed by atoms with Crippen molar-refractivity contribution in [3.05, 3.63) is 35.1 Å². The standard InChI is InChI=1S/C17H24F4N2/c1-2-3-4-8-15(23-11-9-22-10-12-23)13-6-5-7-14(18)16(13)17(19,20)21/h5-7,15,22H,2-4,8-12H2,1H3/t15-/m1/s1. The van der Waals surface area contributed by atoms with Gasteiger partial charge in [-0.1, -0.05) is 38.3 Å². The second-order valence-corrected chi connectivity index (χ2v) is 6.00. The van der Waals surface area contributed by atoms with E-state index in [4.69, 9.17) is 0 Å². The zero-order valence-electron chi connectivity index (χ0n) is 13.4. The van der Waals surface area contributed by atoms with Crippen molar-refractivity contribution in [3.8, 4) is 0 Å². The number of hydrogen-bond donors (Lipinski definition) is 1. The summed E-state index contributed by atoms with van der Waals surface area (Å²) in [6.07, 6.45) is -1.22. The summed E-state index contributed by atoms with van der Waals surface area (Å²) in [7, 11) is 0. The minimum Gasteiger partial charge on any atom is -0.314 e. The highest BCUT2D eigenvalue weighted by atomic mass is 19.4. The molecule has 1 N–H and O–H groups in total. The monoisotopic (exact) mass is 332 g/mol. The predicted molar refractivity (Wildman–Crippen MR) is 82.7 cm³/mol. The Morgan fingerprint density at radius 1 is 1.17 bits per heavy atom. The Bertz CT molecular complexity index is 496. The lowest BCUT2D eigenvalue weighted by Gasteiger charge is -2.36. The summed E-state index contributed by atoms with van der Waals surface area (Å²) in [6, 6.07) is 3.34. The van der Waals surface area contributed by atoms with Crippen molar-refractivity contribution in [1.29, 1.82) is 0 Å². The van der Waals surface area contributed by atoms with Crippen molar-refractivity contribution in [2.24, 2.45) is 0 Å². The zero-order chi connectivity index (χ0) is 16.9. The molecule has 0 bridgehead atoms. The van der Waals surface area contributed by atoms with Crippen molar-refractivity contribution in [1.82, 2.24) is 10.2 Å². The Kier molecular flexibility index (Phi) is 6.41. The Morgan fingerprint density at radius 2 is 1.87 bits per heavy atom. The summed E-state index contributed by atoms with van der Waals surface area (Å²) in [5, 5.41) is 3.21. The molecular formula is C17H24F4N2. The van der Waals surface area contributed by atoms with E-state index in [1.165, 1.54) is 12.1 Å². The lowest BCUT2D eigenvalue weighted by atomic mass is 9.93. The highest BCUT2D eigenvalue weighted by Crippen LogP contribution is 2.39. The van der Waals surface area contributed by atoms with Gasteiger partial charge in [-0.05, 0) is 18.1 Å². The summed E-state index contributed by atoms with van der Waals surface area (Å²) in [5.41, 5.74) is -1.02. The van der Waals surface area contributed by atoms with Gasteiger partial charge in [0.1, 0.15) is 5.82 Å². The number of benzene rings is 1. The van der Waals surface area contributed by atoms with Crippen LogP contribution < -0.4 is 5.32 Å². The first kappa shape index (κ1) is 18.2. The topological polar surface area (TPSA) is 15.3 Å². The Balaban J connectivity index is 2.35. The molecule has 1 aromatic carbocycles. The van der Waals surface area contributed by atoms with E-state index in [0.717, 1.165) is 38.4 Å². The molecule has 1 atom stereocenters. The normalized spacial score (nSPS) is 18.1. The number of hydrogen-bond acceptors (Lipinski definition) is 2. The molecule has 0 saturated carbocycles. The van der Waals surface area contributed by atoms with Crippen LogP contribution in [0.25, 0.3) is 0 Å². The second kappa shape index (κ2) is 8.11. The summed E-state index contributed by atoms with van der Waals surface area (Å²) in [5.74, 6) is -1.18. The van der Waals surface area contributed by atoms with Crippen LogP contribution in [-0.2, 0) is 6.18 Å². The number of nitrogens with zero attached hydrogens (tertiary/aromatic N) is 1. The minimum absolute atomic E-state index is 0.0792. The number of nitrogens with one attached hydrogen (secondary N) is 1. The van der Waals surface area contributed by atoms with Gasteiger partial charge >= 0.3 is 6.18 Å². The quantitative estimate of drug-likeness (QED) is 0.615. The fourth-order valence-electron chi connectivity index (χ4n) is 3.23. The first-order chi connectivity index (χ1) is 10.9. The van der Waals surface area contributed by atoms with E-state index >= 15 is 0 Å². The van der Waals surface area contributed by atoms with Crippen molar-refractivity contribution in [2.75, 3.05) is 26.2 Å². The van der Waals surface area contributed by atoms with Gasteiger partial charge in [0.15, 0.2) is 0 Å². The van der Waals surface area contributed by atoms with Crippen LogP contribution in [0.5, 0.6) is 0 Å². The van der Waals surface area contributed by atoms with Gasteiger partial charge in [-0.15, -0.1) is 0 Å². The predicted octanol–water partition coefficient (Wildman–Crippen LogP) is 4.37. The Hall–Kier alpha value is -1.14. The third-order valence-electron chi connectivity index (χ3n) is 4.36. The van der Waals surface area contributed by atoms with E-state index in [1.54, 1.807) is 0 Å². The van der Waals surface area contributed by atoms with E-state index in [1.807, 2.05) is 0 Å². The molecular weight excluding hydrogens is 308 g/mol. The average Bonchev–Trinajstić information content (AvgIpc) is 2.51. The fraction of sp³-hybridized carbons (Fsp3) is 0.647. The molecule has 0 amide bonds. The van der Waals surface area contributed by atoms with E-state index in [9.17, 15) is 17.6 Å². The van der Waals surface area contributed by atoms with Crippen LogP contribution in [0.15, 0.2) is 18.2 Å². The van der Waals surface area contributed by atoms with Gasteiger partial charge in [0.05, 0.1) is 5.56 Å². The first-order valence-corrected chi connectivity index (χ1v) is 8.25. The fourth-order valence-corrected chi connectivity index (χ4v) is 3.23. The molecule has 1 fully saturated rings. The molecule has 1 saturated heterocycles. The molecule has 1 aliphatic heterocycles. The van der Waals surface area contributed by atoms with Crippen LogP contribution >= 0.6 is 0 Å². The van der Waals surface area contributed by atoms with Gasteiger partial charge in [0, 0.05) is 32.2 Å². The van der Waals surface area contributed by atoms with E-state index in [-0.39, 0.29) is 11.6 Å². The summed E-state index contributed by atoms with van der Waals surface area (Å²) in [6.45, 7) is 4.93. The lowest BCUT2D eigenvalue weighted by molar-refractivity contribution is -0.141. The van der Waals surface area contributed by atoms with E-state index in [2.05, 4.69) is 17.1 Å². The second-order valence-electron chi connectivity index (χ2n) is 6.00. The molecule has 130 valence electrons. The zero-order valence-corrected chi connectivity index (χ0v) is 13.4. The largest absolute Gasteiger partial charge is 0.419 e. The van der Waals surface area contributed by atoms with Crippen LogP contribution in [0, 0.1) is 5.82 Å². The SMILES string of the molecule is CCCCC[C@H](c1cccc(F)c1C(F)(F)F)N1CCNCC1. The van der Waals surface area contributed by atoms with Crippen LogP contribution in [0.2, 0.25) is 0 Å². The molecule has 1 aliphatic rings. The molecule has 0 spiro atoms. The highest BCUT2D eigenvalue weighted by molar-refractivity contribution is 5.34. The first-order valence-electron chi connectivity index (χ1n) is 8.25. The molecule has 23 heavy (non-hydrogen) atoms. The number of unbranched alkanes of at least 4 members (excludes halogenated alkanes) is 2. The minimum atomic E-state index is -4.67. The van der Waals surface area contributed by atoms with Gasteiger partial charge in [-0.25, -0.2) is 4.39 Å². The average molecular weight is 332 g/mol. The maximum atomic E-state index is 13.9. The number of alkyl halides is 3. The Labute approximate surface area is 134 Å². The summed E-state index contributed by atoms with van der Waals surface area (Å²) in [4.78, 5) is 2.05. The van der Waals surface area contributed by atoms with Crippen LogP contribution in [0.4, 0.5) is 17.6 Å². The third-order valence-corrected chi connectivity index (χ3v) is 4.36. The Morgan fingerprint density at radius 3 is 2.48 bits per heavy atom. The van der Waals surface area contributed by atoms with E-state index in [0.29, 0.717) is 19.5 Å². The van der Waals surface area contributed by atoms with Crippen molar-refractivity contribution >= 4 is 0 Å². The van der Waals surface area contributed by atoms with Gasteiger partial charge in [0.2, 0.25) is 0 Å². The van der Waals surface area contributed by atoms with Gasteiger partial charge in [-0.2, -0.15) is 13.2 Å². The smallest absolute Gasteiger partial charge is 0.314 e. The number of rotatable bonds is 6. The van der Waals surface area contributed by atoms with E-state index < -0.39 is 17.6 Å². The summed E-state index contributed by atoms with van der Waals surface area (Å²) >= 11 is 0. The highest BCUT2D eigenvalue weighted by Gasteiger charge is 2.39.